The number of anilines is 1. The van der Waals surface area contributed by atoms with Crippen molar-refractivity contribution >= 4 is 45.6 Å². The zero-order valence-electron chi connectivity index (χ0n) is 17.0. The van der Waals surface area contributed by atoms with Crippen LogP contribution in [-0.2, 0) is 20.9 Å². The number of hydrogen-bond donors (Lipinski definition) is 3. The Labute approximate surface area is 196 Å². The molecule has 3 aromatic rings. The summed E-state index contributed by atoms with van der Waals surface area (Å²) in [5, 5.41) is 8.54. The Bertz CT molecular complexity index is 1170. The van der Waals surface area contributed by atoms with Crippen LogP contribution in [0.25, 0.3) is 0 Å². The molecule has 3 N–H and O–H groups in total. The highest BCUT2D eigenvalue weighted by molar-refractivity contribution is 9.10. The Hall–Kier alpha value is -3.99. The van der Waals surface area contributed by atoms with Crippen molar-refractivity contribution in [2.75, 3.05) is 11.9 Å². The van der Waals surface area contributed by atoms with Crippen molar-refractivity contribution in [1.82, 2.24) is 10.7 Å². The number of amides is 3. The van der Waals surface area contributed by atoms with Crippen molar-refractivity contribution in [1.29, 1.82) is 0 Å². The summed E-state index contributed by atoms with van der Waals surface area (Å²) in [7, 11) is 0. The minimum absolute atomic E-state index is 0.0385. The van der Waals surface area contributed by atoms with Gasteiger partial charge in [0.2, 0.25) is 0 Å². The van der Waals surface area contributed by atoms with Gasteiger partial charge >= 0.3 is 11.8 Å². The zero-order chi connectivity index (χ0) is 23.6. The lowest BCUT2D eigenvalue weighted by Gasteiger charge is -2.09. The molecule has 0 spiro atoms. The number of carbonyl (C=O) groups excluding carboxylic acids is 3. The maximum Gasteiger partial charge on any atom is 0.329 e. The highest BCUT2D eigenvalue weighted by Crippen LogP contribution is 2.19. The number of nitrogens with zero attached hydrogens (tertiary/aromatic N) is 1. The molecule has 0 saturated heterocycles. The molecule has 170 valence electrons. The first kappa shape index (κ1) is 23.7. The number of rotatable bonds is 8. The van der Waals surface area contributed by atoms with Gasteiger partial charge in [-0.25, -0.2) is 9.82 Å². The lowest BCUT2D eigenvalue weighted by molar-refractivity contribution is -0.139. The fraction of sp³-hybridized carbons (Fsp3) is 0.0909. The summed E-state index contributed by atoms with van der Waals surface area (Å²) in [6.45, 7) is -0.271. The lowest BCUT2D eigenvalue weighted by atomic mass is 10.2. The summed E-state index contributed by atoms with van der Waals surface area (Å²) >= 11 is 3.14. The third-order valence-corrected chi connectivity index (χ3v) is 4.52. The van der Waals surface area contributed by atoms with Gasteiger partial charge in [-0.05, 0) is 48.0 Å². The number of furan rings is 1. The van der Waals surface area contributed by atoms with E-state index >= 15 is 0 Å². The summed E-state index contributed by atoms with van der Waals surface area (Å²) < 4.78 is 24.8. The molecule has 0 fully saturated rings. The van der Waals surface area contributed by atoms with E-state index < -0.39 is 23.5 Å². The average molecular weight is 517 g/mol. The van der Waals surface area contributed by atoms with E-state index in [4.69, 9.17) is 9.15 Å². The van der Waals surface area contributed by atoms with Gasteiger partial charge in [-0.3, -0.25) is 14.4 Å². The van der Waals surface area contributed by atoms with Crippen molar-refractivity contribution in [2.24, 2.45) is 5.10 Å². The van der Waals surface area contributed by atoms with Crippen molar-refractivity contribution in [3.8, 4) is 5.75 Å². The Kier molecular flexibility index (Phi) is 8.30. The third kappa shape index (κ3) is 7.58. The van der Waals surface area contributed by atoms with Gasteiger partial charge in [0.05, 0.1) is 24.7 Å². The van der Waals surface area contributed by atoms with E-state index in [9.17, 15) is 18.8 Å². The smallest absolute Gasteiger partial charge is 0.329 e. The van der Waals surface area contributed by atoms with E-state index in [1.807, 2.05) is 0 Å². The van der Waals surface area contributed by atoms with Crippen molar-refractivity contribution in [2.45, 2.75) is 6.54 Å². The van der Waals surface area contributed by atoms with E-state index in [1.165, 1.54) is 24.6 Å². The lowest BCUT2D eigenvalue weighted by Crippen LogP contribution is -2.37. The highest BCUT2D eigenvalue weighted by atomic mass is 79.9. The molecule has 1 heterocycles. The van der Waals surface area contributed by atoms with Gasteiger partial charge in [0.1, 0.15) is 17.3 Å². The minimum atomic E-state index is -0.943. The summed E-state index contributed by atoms with van der Waals surface area (Å²) in [6, 6.07) is 14.1. The molecule has 0 aliphatic carbocycles. The van der Waals surface area contributed by atoms with Crippen LogP contribution in [0.5, 0.6) is 5.75 Å². The van der Waals surface area contributed by atoms with Crippen LogP contribution < -0.4 is 20.8 Å². The Morgan fingerprint density at radius 3 is 2.70 bits per heavy atom. The molecule has 3 rings (SSSR count). The molecular weight excluding hydrogens is 499 g/mol. The van der Waals surface area contributed by atoms with E-state index in [0.29, 0.717) is 21.5 Å². The monoisotopic (exact) mass is 516 g/mol. The van der Waals surface area contributed by atoms with Crippen LogP contribution in [0.1, 0.15) is 11.3 Å². The van der Waals surface area contributed by atoms with Gasteiger partial charge in [-0.2, -0.15) is 5.10 Å². The Balaban J connectivity index is 1.45. The van der Waals surface area contributed by atoms with Gasteiger partial charge in [-0.15, -0.1) is 0 Å². The third-order valence-electron chi connectivity index (χ3n) is 4.02. The second kappa shape index (κ2) is 11.6. The summed E-state index contributed by atoms with van der Waals surface area (Å²) in [5.74, 6) is -2.06. The zero-order valence-corrected chi connectivity index (χ0v) is 18.6. The number of carbonyl (C=O) groups is 3. The van der Waals surface area contributed by atoms with Crippen molar-refractivity contribution in [3.05, 3.63) is 82.5 Å². The van der Waals surface area contributed by atoms with E-state index in [0.717, 1.165) is 0 Å². The van der Waals surface area contributed by atoms with Crippen LogP contribution in [0.2, 0.25) is 0 Å². The Morgan fingerprint density at radius 1 is 1.09 bits per heavy atom. The normalized spacial score (nSPS) is 10.6. The van der Waals surface area contributed by atoms with Crippen LogP contribution in [-0.4, -0.2) is 30.5 Å². The SMILES string of the molecule is O=C(COc1cccc(/C=N\NC(=O)C(=O)NCc2ccco2)c1)Nc1ccc(Br)cc1F. The predicted molar refractivity (Wildman–Crippen MR) is 121 cm³/mol. The molecule has 0 bridgehead atoms. The van der Waals surface area contributed by atoms with Crippen LogP contribution in [0.3, 0.4) is 0 Å². The van der Waals surface area contributed by atoms with E-state index in [-0.39, 0.29) is 18.8 Å². The largest absolute Gasteiger partial charge is 0.484 e. The van der Waals surface area contributed by atoms with E-state index in [1.54, 1.807) is 42.5 Å². The van der Waals surface area contributed by atoms with Crippen LogP contribution >= 0.6 is 15.9 Å². The van der Waals surface area contributed by atoms with Gasteiger partial charge < -0.3 is 19.8 Å². The number of nitrogens with one attached hydrogen (secondary N) is 3. The van der Waals surface area contributed by atoms with Crippen molar-refractivity contribution < 1.29 is 27.9 Å². The second-order valence-corrected chi connectivity index (χ2v) is 7.41. The average Bonchev–Trinajstić information content (AvgIpc) is 3.32. The van der Waals surface area contributed by atoms with Gasteiger partial charge in [0, 0.05) is 4.47 Å². The van der Waals surface area contributed by atoms with E-state index in [2.05, 4.69) is 37.1 Å². The maximum atomic E-state index is 13.8. The summed E-state index contributed by atoms with van der Waals surface area (Å²) in [4.78, 5) is 35.5. The molecule has 1 aromatic heterocycles. The Morgan fingerprint density at radius 2 is 1.94 bits per heavy atom. The predicted octanol–water partition coefficient (Wildman–Crippen LogP) is 2.97. The molecule has 0 radical (unpaired) electrons. The summed E-state index contributed by atoms with van der Waals surface area (Å²) in [6.07, 6.45) is 2.76. The van der Waals surface area contributed by atoms with Gasteiger partial charge in [-0.1, -0.05) is 28.1 Å². The molecule has 0 aliphatic heterocycles. The number of ether oxygens (including phenoxy) is 1. The van der Waals surface area contributed by atoms with Crippen LogP contribution in [0, 0.1) is 5.82 Å². The number of hydrazone groups is 1. The molecule has 0 saturated carbocycles. The quantitative estimate of drug-likeness (QED) is 0.241. The number of benzene rings is 2. The van der Waals surface area contributed by atoms with Gasteiger partial charge in [0.25, 0.3) is 5.91 Å². The second-order valence-electron chi connectivity index (χ2n) is 6.49. The summed E-state index contributed by atoms with van der Waals surface area (Å²) in [5.41, 5.74) is 2.69. The van der Waals surface area contributed by atoms with Crippen LogP contribution in [0.15, 0.2) is 74.9 Å². The first-order chi connectivity index (χ1) is 15.9. The molecule has 2 aromatic carbocycles. The molecule has 11 heteroatoms. The first-order valence-corrected chi connectivity index (χ1v) is 10.3. The van der Waals surface area contributed by atoms with Crippen molar-refractivity contribution in [3.63, 3.8) is 0 Å². The molecule has 3 amide bonds. The molecule has 0 aliphatic rings. The number of halogens is 2. The fourth-order valence-corrected chi connectivity index (χ4v) is 2.82. The van der Waals surface area contributed by atoms with Crippen LogP contribution in [0.4, 0.5) is 10.1 Å². The fourth-order valence-electron chi connectivity index (χ4n) is 2.49. The molecule has 0 atom stereocenters. The maximum absolute atomic E-state index is 13.8. The molecule has 33 heavy (non-hydrogen) atoms. The minimum Gasteiger partial charge on any atom is -0.484 e. The topological polar surface area (TPSA) is 122 Å². The highest BCUT2D eigenvalue weighted by Gasteiger charge is 2.12. The molecule has 0 unspecified atom stereocenters. The first-order valence-electron chi connectivity index (χ1n) is 9.52. The molecule has 9 nitrogen and oxygen atoms in total. The number of hydrogen-bond acceptors (Lipinski definition) is 6. The van der Waals surface area contributed by atoms with Gasteiger partial charge in [0.15, 0.2) is 6.61 Å². The molecular formula is C22H18BrFN4O5. The standard InChI is InChI=1S/C22H18BrFN4O5/c23-15-6-7-19(18(24)10-15)27-20(29)13-33-16-4-1-3-14(9-16)11-26-28-22(31)21(30)25-12-17-5-2-8-32-17/h1-11H,12-13H2,(H,25,30)(H,27,29)(H,28,31)/b26-11-.